The molecule has 0 saturated heterocycles. The number of nitrogens with zero attached hydrogens (tertiary/aromatic N) is 2. The Balaban J connectivity index is 1.40. The van der Waals surface area contributed by atoms with Gasteiger partial charge in [0.25, 0.3) is 5.56 Å². The predicted molar refractivity (Wildman–Crippen MR) is 140 cm³/mol. The first-order valence-corrected chi connectivity index (χ1v) is 12.9. The van der Waals surface area contributed by atoms with Gasteiger partial charge in [-0.1, -0.05) is 55.3 Å². The van der Waals surface area contributed by atoms with Crippen molar-refractivity contribution in [2.75, 3.05) is 6.54 Å². The maximum atomic E-state index is 13.3. The average molecular weight is 491 g/mol. The Morgan fingerprint density at radius 3 is 2.36 bits per heavy atom. The maximum absolute atomic E-state index is 13.3. The smallest absolute Gasteiger partial charge is 0.331 e. The lowest BCUT2D eigenvalue weighted by Crippen LogP contribution is -2.43. The number of hydrogen-bond acceptors (Lipinski definition) is 4. The molecule has 2 aromatic carbocycles. The van der Waals surface area contributed by atoms with Gasteiger partial charge in [0, 0.05) is 25.6 Å². The topological polar surface area (TPSA) is 102 Å². The standard InChI is InChI=1S/C28H34N4O4/c33-25(30-22-12-4-5-13-22)16-8-9-19-31-27(35)23-14-6-7-15-24(23)32(28(31)36)20-26(34)29-18-17-21-10-2-1-3-11-21/h1-3,6-7,10-11,14-15,22H,4-5,8-9,12-13,16-20H2,(H,29,34)(H,30,33). The molecule has 0 radical (unpaired) electrons. The number of para-hydroxylation sites is 1. The fourth-order valence-electron chi connectivity index (χ4n) is 4.84. The van der Waals surface area contributed by atoms with Crippen LogP contribution in [0.3, 0.4) is 0 Å². The van der Waals surface area contributed by atoms with Crippen LogP contribution in [0.5, 0.6) is 0 Å². The van der Waals surface area contributed by atoms with Crippen LogP contribution in [0.25, 0.3) is 10.9 Å². The van der Waals surface area contributed by atoms with E-state index in [0.717, 1.165) is 31.2 Å². The van der Waals surface area contributed by atoms with Crippen molar-refractivity contribution in [2.24, 2.45) is 0 Å². The Kier molecular flexibility index (Phi) is 8.71. The first-order chi connectivity index (χ1) is 17.5. The number of unbranched alkanes of at least 4 members (excludes halogenated alkanes) is 1. The van der Waals surface area contributed by atoms with E-state index in [1.807, 2.05) is 30.3 Å². The third kappa shape index (κ3) is 6.50. The van der Waals surface area contributed by atoms with Crippen LogP contribution in [0.4, 0.5) is 0 Å². The van der Waals surface area contributed by atoms with Crippen molar-refractivity contribution in [3.8, 4) is 0 Å². The van der Waals surface area contributed by atoms with E-state index in [0.29, 0.717) is 43.1 Å². The van der Waals surface area contributed by atoms with Crippen LogP contribution < -0.4 is 21.9 Å². The number of fused-ring (bicyclic) bond motifs is 1. The van der Waals surface area contributed by atoms with Crippen molar-refractivity contribution in [1.82, 2.24) is 19.8 Å². The molecule has 2 amide bonds. The third-order valence-corrected chi connectivity index (χ3v) is 6.77. The molecule has 1 aliphatic carbocycles. The lowest BCUT2D eigenvalue weighted by atomic mass is 10.1. The molecule has 0 aliphatic heterocycles. The van der Waals surface area contributed by atoms with Crippen LogP contribution in [0.1, 0.15) is 50.5 Å². The van der Waals surface area contributed by atoms with E-state index in [1.165, 1.54) is 9.13 Å². The first-order valence-electron chi connectivity index (χ1n) is 12.9. The average Bonchev–Trinajstić information content (AvgIpc) is 3.39. The van der Waals surface area contributed by atoms with Gasteiger partial charge in [-0.3, -0.25) is 23.5 Å². The zero-order chi connectivity index (χ0) is 25.3. The molecule has 1 aromatic heterocycles. The summed E-state index contributed by atoms with van der Waals surface area (Å²) in [6.07, 6.45) is 6.56. The van der Waals surface area contributed by atoms with Crippen LogP contribution in [0, 0.1) is 0 Å². The van der Waals surface area contributed by atoms with Crippen LogP contribution >= 0.6 is 0 Å². The summed E-state index contributed by atoms with van der Waals surface area (Å²) in [5.74, 6) is -0.260. The van der Waals surface area contributed by atoms with E-state index in [4.69, 9.17) is 0 Å². The molecule has 8 heteroatoms. The van der Waals surface area contributed by atoms with Crippen molar-refractivity contribution >= 4 is 22.7 Å². The highest BCUT2D eigenvalue weighted by Crippen LogP contribution is 2.17. The van der Waals surface area contributed by atoms with Crippen molar-refractivity contribution in [3.05, 3.63) is 81.0 Å². The van der Waals surface area contributed by atoms with E-state index in [1.54, 1.807) is 24.3 Å². The van der Waals surface area contributed by atoms with E-state index in [2.05, 4.69) is 10.6 Å². The van der Waals surface area contributed by atoms with E-state index >= 15 is 0 Å². The van der Waals surface area contributed by atoms with Gasteiger partial charge in [0.15, 0.2) is 0 Å². The van der Waals surface area contributed by atoms with Gasteiger partial charge in [0.05, 0.1) is 10.9 Å². The number of amides is 2. The minimum absolute atomic E-state index is 0.0253. The van der Waals surface area contributed by atoms with Gasteiger partial charge < -0.3 is 10.6 Å². The number of rotatable bonds is 11. The Bertz CT molecular complexity index is 1310. The minimum Gasteiger partial charge on any atom is -0.354 e. The molecule has 1 fully saturated rings. The number of benzene rings is 2. The summed E-state index contributed by atoms with van der Waals surface area (Å²) in [6, 6.07) is 17.0. The molecule has 1 aliphatic rings. The van der Waals surface area contributed by atoms with Crippen LogP contribution in [0.15, 0.2) is 64.2 Å². The lowest BCUT2D eigenvalue weighted by Gasteiger charge is -2.14. The van der Waals surface area contributed by atoms with Gasteiger partial charge in [-0.2, -0.15) is 0 Å². The van der Waals surface area contributed by atoms with Crippen molar-refractivity contribution in [1.29, 1.82) is 0 Å². The van der Waals surface area contributed by atoms with E-state index in [9.17, 15) is 19.2 Å². The molecular formula is C28H34N4O4. The van der Waals surface area contributed by atoms with Gasteiger partial charge in [0.2, 0.25) is 11.8 Å². The Morgan fingerprint density at radius 1 is 0.861 bits per heavy atom. The van der Waals surface area contributed by atoms with Gasteiger partial charge in [-0.15, -0.1) is 0 Å². The van der Waals surface area contributed by atoms with Gasteiger partial charge in [-0.25, -0.2) is 4.79 Å². The normalized spacial score (nSPS) is 13.7. The van der Waals surface area contributed by atoms with Gasteiger partial charge >= 0.3 is 5.69 Å². The third-order valence-electron chi connectivity index (χ3n) is 6.77. The summed E-state index contributed by atoms with van der Waals surface area (Å²) >= 11 is 0. The summed E-state index contributed by atoms with van der Waals surface area (Å²) < 4.78 is 2.55. The molecule has 190 valence electrons. The fourth-order valence-corrected chi connectivity index (χ4v) is 4.84. The molecule has 1 heterocycles. The van der Waals surface area contributed by atoms with Crippen LogP contribution in [0.2, 0.25) is 0 Å². The lowest BCUT2D eigenvalue weighted by molar-refractivity contribution is -0.122. The molecule has 1 saturated carbocycles. The Morgan fingerprint density at radius 2 is 1.58 bits per heavy atom. The number of hydrogen-bond donors (Lipinski definition) is 2. The molecule has 0 atom stereocenters. The molecule has 0 bridgehead atoms. The van der Waals surface area contributed by atoms with Crippen molar-refractivity contribution in [3.63, 3.8) is 0 Å². The van der Waals surface area contributed by atoms with Gasteiger partial charge in [0.1, 0.15) is 6.54 Å². The summed E-state index contributed by atoms with van der Waals surface area (Å²) in [7, 11) is 0. The molecule has 3 aromatic rings. The molecular weight excluding hydrogens is 456 g/mol. The summed E-state index contributed by atoms with van der Waals surface area (Å²) in [5.41, 5.74) is 0.683. The summed E-state index contributed by atoms with van der Waals surface area (Å²) in [6.45, 7) is 0.491. The SMILES string of the molecule is O=C(Cn1c(=O)n(CCCCC(=O)NC2CCCC2)c(=O)c2ccccc21)NCCc1ccccc1. The van der Waals surface area contributed by atoms with Crippen molar-refractivity contribution in [2.45, 2.75) is 70.5 Å². The molecule has 0 unspecified atom stereocenters. The first kappa shape index (κ1) is 25.4. The highest BCUT2D eigenvalue weighted by Gasteiger charge is 2.17. The number of nitrogens with one attached hydrogen (secondary N) is 2. The quantitative estimate of drug-likeness (QED) is 0.404. The second kappa shape index (κ2) is 12.3. The largest absolute Gasteiger partial charge is 0.354 e. The number of carbonyl (C=O) groups is 2. The highest BCUT2D eigenvalue weighted by atomic mass is 16.2. The summed E-state index contributed by atoms with van der Waals surface area (Å²) in [4.78, 5) is 51.2. The zero-order valence-electron chi connectivity index (χ0n) is 20.6. The molecule has 8 nitrogen and oxygen atoms in total. The van der Waals surface area contributed by atoms with Gasteiger partial charge in [-0.05, 0) is 49.8 Å². The van der Waals surface area contributed by atoms with Crippen LogP contribution in [-0.4, -0.2) is 33.5 Å². The van der Waals surface area contributed by atoms with E-state index in [-0.39, 0.29) is 36.5 Å². The predicted octanol–water partition coefficient (Wildman–Crippen LogP) is 2.75. The number of carbonyl (C=O) groups excluding carboxylic acids is 2. The zero-order valence-corrected chi connectivity index (χ0v) is 20.6. The van der Waals surface area contributed by atoms with E-state index < -0.39 is 5.69 Å². The van der Waals surface area contributed by atoms with Crippen LogP contribution in [-0.2, 0) is 29.1 Å². The maximum Gasteiger partial charge on any atom is 0.331 e. The second-order valence-corrected chi connectivity index (χ2v) is 9.43. The van der Waals surface area contributed by atoms with Crippen molar-refractivity contribution < 1.29 is 9.59 Å². The molecule has 2 N–H and O–H groups in total. The second-order valence-electron chi connectivity index (χ2n) is 9.43. The minimum atomic E-state index is -0.507. The Hall–Kier alpha value is -3.68. The molecule has 0 spiro atoms. The Labute approximate surface area is 210 Å². The fraction of sp³-hybridized carbons (Fsp3) is 0.429. The highest BCUT2D eigenvalue weighted by molar-refractivity contribution is 5.81. The monoisotopic (exact) mass is 490 g/mol. The molecule has 36 heavy (non-hydrogen) atoms. The number of aromatic nitrogens is 2. The summed E-state index contributed by atoms with van der Waals surface area (Å²) in [5, 5.41) is 6.33. The molecule has 4 rings (SSSR count).